The van der Waals surface area contributed by atoms with Crippen molar-refractivity contribution >= 4 is 17.9 Å². The van der Waals surface area contributed by atoms with Crippen LogP contribution >= 0.6 is 0 Å². The number of nitrogens with zero attached hydrogens (tertiary/aromatic N) is 2. The minimum Gasteiger partial charge on any atom is -0.481 e. The van der Waals surface area contributed by atoms with Gasteiger partial charge in [-0.2, -0.15) is 0 Å². The van der Waals surface area contributed by atoms with Gasteiger partial charge in [0.15, 0.2) is 0 Å². The fraction of sp³-hybridized carbons (Fsp3) is 0.769. The second kappa shape index (κ2) is 6.11. The summed E-state index contributed by atoms with van der Waals surface area (Å²) in [4.78, 5) is 37.9. The number of carboxylic acids is 1. The number of hydrogen-bond donors (Lipinski definition) is 2. The molecule has 7 heteroatoms. The number of carboxylic acid groups (broad SMARTS) is 1. The zero-order valence-electron chi connectivity index (χ0n) is 11.7. The lowest BCUT2D eigenvalue weighted by Gasteiger charge is -2.31. The minimum atomic E-state index is -0.851. The number of amides is 3. The maximum Gasteiger partial charge on any atom is 0.317 e. The summed E-state index contributed by atoms with van der Waals surface area (Å²) in [5.41, 5.74) is 0. The molecule has 3 amide bonds. The van der Waals surface area contributed by atoms with E-state index in [9.17, 15) is 14.4 Å². The lowest BCUT2D eigenvalue weighted by molar-refractivity contribution is -0.143. The van der Waals surface area contributed by atoms with E-state index in [4.69, 9.17) is 5.11 Å². The van der Waals surface area contributed by atoms with E-state index in [1.807, 2.05) is 6.92 Å². The first-order valence-corrected chi connectivity index (χ1v) is 7.07. The smallest absolute Gasteiger partial charge is 0.317 e. The monoisotopic (exact) mass is 283 g/mol. The summed E-state index contributed by atoms with van der Waals surface area (Å²) in [6.45, 7) is 3.92. The molecule has 2 rings (SSSR count). The standard InChI is InChI=1S/C13H21N3O4/c1-2-15-8-10(6-11(15)17)14-13(20)16-5-3-4-9(7-16)12(18)19/h9-10H,2-8H2,1H3,(H,14,20)(H,18,19). The van der Waals surface area contributed by atoms with Crippen molar-refractivity contribution in [2.45, 2.75) is 32.2 Å². The van der Waals surface area contributed by atoms with Crippen LogP contribution in [0.1, 0.15) is 26.2 Å². The van der Waals surface area contributed by atoms with Gasteiger partial charge in [-0.25, -0.2) is 4.79 Å². The number of carbonyl (C=O) groups is 3. The molecule has 0 bridgehead atoms. The maximum absolute atomic E-state index is 12.1. The van der Waals surface area contributed by atoms with Crippen molar-refractivity contribution < 1.29 is 19.5 Å². The Morgan fingerprint density at radius 1 is 1.40 bits per heavy atom. The third kappa shape index (κ3) is 3.20. The number of nitrogens with one attached hydrogen (secondary N) is 1. The van der Waals surface area contributed by atoms with Gasteiger partial charge in [-0.15, -0.1) is 0 Å². The van der Waals surface area contributed by atoms with Crippen LogP contribution in [0, 0.1) is 5.92 Å². The molecule has 7 nitrogen and oxygen atoms in total. The Bertz CT molecular complexity index is 412. The average Bonchev–Trinajstić information content (AvgIpc) is 2.78. The van der Waals surface area contributed by atoms with Crippen molar-refractivity contribution in [1.82, 2.24) is 15.1 Å². The van der Waals surface area contributed by atoms with Gasteiger partial charge in [0, 0.05) is 32.6 Å². The van der Waals surface area contributed by atoms with Crippen molar-refractivity contribution in [2.75, 3.05) is 26.2 Å². The molecule has 2 fully saturated rings. The first-order chi connectivity index (χ1) is 9.51. The summed E-state index contributed by atoms with van der Waals surface area (Å²) in [7, 11) is 0. The van der Waals surface area contributed by atoms with E-state index in [1.165, 1.54) is 0 Å². The van der Waals surface area contributed by atoms with Crippen molar-refractivity contribution in [1.29, 1.82) is 0 Å². The molecule has 2 saturated heterocycles. The Morgan fingerprint density at radius 2 is 2.15 bits per heavy atom. The molecule has 0 aliphatic carbocycles. The normalized spacial score (nSPS) is 26.8. The number of piperidine rings is 1. The van der Waals surface area contributed by atoms with Crippen molar-refractivity contribution in [3.8, 4) is 0 Å². The average molecular weight is 283 g/mol. The zero-order valence-corrected chi connectivity index (χ0v) is 11.7. The zero-order chi connectivity index (χ0) is 14.7. The summed E-state index contributed by atoms with van der Waals surface area (Å²) in [5, 5.41) is 11.8. The topological polar surface area (TPSA) is 90.0 Å². The molecule has 0 aromatic carbocycles. The van der Waals surface area contributed by atoms with E-state index >= 15 is 0 Å². The van der Waals surface area contributed by atoms with Crippen molar-refractivity contribution in [3.05, 3.63) is 0 Å². The van der Waals surface area contributed by atoms with E-state index in [0.717, 1.165) is 0 Å². The summed E-state index contributed by atoms with van der Waals surface area (Å²) in [5.74, 6) is -1.28. The number of urea groups is 1. The van der Waals surface area contributed by atoms with E-state index in [-0.39, 0.29) is 24.5 Å². The maximum atomic E-state index is 12.1. The molecule has 2 heterocycles. The molecule has 0 radical (unpaired) electrons. The number of likely N-dealkylation sites (N-methyl/N-ethyl adjacent to an activating group) is 1. The Morgan fingerprint density at radius 3 is 2.75 bits per heavy atom. The van der Waals surface area contributed by atoms with Crippen LogP contribution in [0.15, 0.2) is 0 Å². The van der Waals surface area contributed by atoms with Crippen molar-refractivity contribution in [3.63, 3.8) is 0 Å². The number of rotatable bonds is 3. The van der Waals surface area contributed by atoms with Gasteiger partial charge < -0.3 is 20.2 Å². The van der Waals surface area contributed by atoms with E-state index < -0.39 is 11.9 Å². The lowest BCUT2D eigenvalue weighted by atomic mass is 9.99. The summed E-state index contributed by atoms with van der Waals surface area (Å²) in [6.07, 6.45) is 1.65. The minimum absolute atomic E-state index is 0.0554. The van der Waals surface area contributed by atoms with Gasteiger partial charge in [-0.3, -0.25) is 9.59 Å². The summed E-state index contributed by atoms with van der Waals surface area (Å²) >= 11 is 0. The molecule has 2 aliphatic rings. The molecule has 0 spiro atoms. The Labute approximate surface area is 117 Å². The number of carbonyl (C=O) groups excluding carboxylic acids is 2. The Hall–Kier alpha value is -1.79. The van der Waals surface area contributed by atoms with Gasteiger partial charge in [0.1, 0.15) is 0 Å². The van der Waals surface area contributed by atoms with Crippen LogP contribution in [-0.2, 0) is 9.59 Å². The number of likely N-dealkylation sites (tertiary alicyclic amines) is 2. The number of aliphatic carboxylic acids is 1. The number of hydrogen-bond acceptors (Lipinski definition) is 3. The van der Waals surface area contributed by atoms with Crippen LogP contribution in [0.5, 0.6) is 0 Å². The molecule has 112 valence electrons. The fourth-order valence-electron chi connectivity index (χ4n) is 2.80. The van der Waals surface area contributed by atoms with Crippen molar-refractivity contribution in [2.24, 2.45) is 5.92 Å². The van der Waals surface area contributed by atoms with E-state index in [2.05, 4.69) is 5.32 Å². The highest BCUT2D eigenvalue weighted by molar-refractivity contribution is 5.82. The highest BCUT2D eigenvalue weighted by Crippen LogP contribution is 2.17. The lowest BCUT2D eigenvalue weighted by Crippen LogP contribution is -2.50. The van der Waals surface area contributed by atoms with Crippen LogP contribution in [0.25, 0.3) is 0 Å². The third-order valence-corrected chi connectivity index (χ3v) is 3.98. The first-order valence-electron chi connectivity index (χ1n) is 7.07. The van der Waals surface area contributed by atoms with Gasteiger partial charge in [0.2, 0.25) is 5.91 Å². The first kappa shape index (κ1) is 14.6. The van der Waals surface area contributed by atoms with Crippen LogP contribution < -0.4 is 5.32 Å². The van der Waals surface area contributed by atoms with Crippen LogP contribution in [0.2, 0.25) is 0 Å². The molecule has 20 heavy (non-hydrogen) atoms. The van der Waals surface area contributed by atoms with Crippen LogP contribution in [-0.4, -0.2) is 65.0 Å². The quantitative estimate of drug-likeness (QED) is 0.769. The Balaban J connectivity index is 1.86. The van der Waals surface area contributed by atoms with Gasteiger partial charge in [-0.05, 0) is 19.8 Å². The fourth-order valence-corrected chi connectivity index (χ4v) is 2.80. The predicted octanol–water partition coefficient (Wildman–Crippen LogP) is 0.113. The summed E-state index contributed by atoms with van der Waals surface area (Å²) < 4.78 is 0. The molecule has 2 atom stereocenters. The second-order valence-electron chi connectivity index (χ2n) is 5.41. The molecule has 2 N–H and O–H groups in total. The SMILES string of the molecule is CCN1CC(NC(=O)N2CCCC(C(=O)O)C2)CC1=O. The van der Waals surface area contributed by atoms with Crippen LogP contribution in [0.3, 0.4) is 0 Å². The highest BCUT2D eigenvalue weighted by Gasteiger charge is 2.32. The van der Waals surface area contributed by atoms with Crippen LogP contribution in [0.4, 0.5) is 4.79 Å². The predicted molar refractivity (Wildman–Crippen MR) is 71.1 cm³/mol. The molecule has 0 aromatic heterocycles. The van der Waals surface area contributed by atoms with Gasteiger partial charge in [-0.1, -0.05) is 0 Å². The second-order valence-corrected chi connectivity index (χ2v) is 5.41. The van der Waals surface area contributed by atoms with Gasteiger partial charge in [0.25, 0.3) is 0 Å². The Kier molecular flexibility index (Phi) is 4.46. The molecular weight excluding hydrogens is 262 g/mol. The van der Waals surface area contributed by atoms with Gasteiger partial charge >= 0.3 is 12.0 Å². The molecule has 0 aromatic rings. The van der Waals surface area contributed by atoms with E-state index in [0.29, 0.717) is 38.9 Å². The summed E-state index contributed by atoms with van der Waals surface area (Å²) in [6, 6.07) is -0.424. The largest absolute Gasteiger partial charge is 0.481 e. The molecule has 2 unspecified atom stereocenters. The molecular formula is C13H21N3O4. The molecule has 2 aliphatic heterocycles. The highest BCUT2D eigenvalue weighted by atomic mass is 16.4. The van der Waals surface area contributed by atoms with Gasteiger partial charge in [0.05, 0.1) is 12.0 Å². The molecule has 0 saturated carbocycles. The van der Waals surface area contributed by atoms with E-state index in [1.54, 1.807) is 9.80 Å². The third-order valence-electron chi connectivity index (χ3n) is 3.98.